The maximum Gasteiger partial charge on any atom is 4.00 e. The Morgan fingerprint density at radius 1 is 0.857 bits per heavy atom. The second-order valence-corrected chi connectivity index (χ2v) is 4.13. The maximum atomic E-state index is 3.11. The predicted molar refractivity (Wildman–Crippen MR) is 79.9 cm³/mol. The van der Waals surface area contributed by atoms with Gasteiger partial charge in [-0.15, -0.1) is 37.1 Å². The van der Waals surface area contributed by atoms with Gasteiger partial charge in [0.05, 0.1) is 0 Å². The monoisotopic (exact) mass is 456 g/mol. The van der Waals surface area contributed by atoms with Crippen LogP contribution in [0.15, 0.2) is 59.8 Å². The Morgan fingerprint density at radius 3 is 1.48 bits per heavy atom. The van der Waals surface area contributed by atoms with Crippen LogP contribution in [0.1, 0.15) is 39.5 Å². The third-order valence-electron chi connectivity index (χ3n) is 2.54. The normalized spacial score (nSPS) is 14.8. The summed E-state index contributed by atoms with van der Waals surface area (Å²) < 4.78 is 0. The maximum absolute atomic E-state index is 3.11. The van der Waals surface area contributed by atoms with E-state index in [1.54, 1.807) is 0 Å². The number of hydrogen-bond acceptors (Lipinski definition) is 0. The van der Waals surface area contributed by atoms with Crippen molar-refractivity contribution in [2.24, 2.45) is 0 Å². The van der Waals surface area contributed by atoms with Crippen molar-refractivity contribution < 1.29 is 35.3 Å². The standard InChI is InChI=1S/2C9H11.2FH.Hf/c2*1-2-3-6-9-7-4-5-8-9;;;/h2*3,6-8H,2,4H2,1H3;2*1H;/q2*-1;;;+4/p-2/b2*6-3+;;;. The van der Waals surface area contributed by atoms with Gasteiger partial charge in [0.2, 0.25) is 0 Å². The first kappa shape index (κ1) is 25.1. The SMILES string of the molecule is CC/C=C/C1=CC[C-]=C1.CC/C=C/C1=CC[C-]=C1.[F-].[F-].[Hf+4]. The fourth-order valence-electron chi connectivity index (χ4n) is 1.57. The van der Waals surface area contributed by atoms with Crippen molar-refractivity contribution in [3.63, 3.8) is 0 Å². The summed E-state index contributed by atoms with van der Waals surface area (Å²) in [7, 11) is 0. The number of halogens is 2. The summed E-state index contributed by atoms with van der Waals surface area (Å²) in [5.74, 6) is 0. The van der Waals surface area contributed by atoms with Crippen molar-refractivity contribution in [2.45, 2.75) is 39.5 Å². The molecule has 0 aliphatic heterocycles. The third kappa shape index (κ3) is 12.6. The Balaban J connectivity index is -0.000000270. The van der Waals surface area contributed by atoms with E-state index >= 15 is 0 Å². The van der Waals surface area contributed by atoms with E-state index < -0.39 is 0 Å². The molecule has 0 nitrogen and oxygen atoms in total. The predicted octanol–water partition coefficient (Wildman–Crippen LogP) is -0.710. The molecular weight excluding hydrogens is 433 g/mol. The summed E-state index contributed by atoms with van der Waals surface area (Å²) in [5, 5.41) is 0. The molecular formula is C18H22F2Hf. The zero-order valence-corrected chi connectivity index (χ0v) is 16.3. The van der Waals surface area contributed by atoms with Crippen LogP contribution in [0, 0.1) is 12.2 Å². The molecule has 0 spiro atoms. The minimum atomic E-state index is 0. The quantitative estimate of drug-likeness (QED) is 0.389. The molecule has 0 unspecified atom stereocenters. The van der Waals surface area contributed by atoms with Crippen LogP contribution in [-0.2, 0) is 25.8 Å². The van der Waals surface area contributed by atoms with Crippen LogP contribution < -0.4 is 9.41 Å². The molecule has 0 saturated heterocycles. The Hall–Kier alpha value is -0.830. The van der Waals surface area contributed by atoms with Gasteiger partial charge in [0, 0.05) is 0 Å². The van der Waals surface area contributed by atoms with Crippen LogP contribution in [0.3, 0.4) is 0 Å². The third-order valence-corrected chi connectivity index (χ3v) is 2.54. The first-order valence-electron chi connectivity index (χ1n) is 6.73. The molecule has 0 heterocycles. The average molecular weight is 455 g/mol. The molecule has 0 aromatic heterocycles. The molecule has 0 atom stereocenters. The fraction of sp³-hybridized carbons (Fsp3) is 0.333. The second kappa shape index (κ2) is 17.2. The Bertz CT molecular complexity index is 373. The van der Waals surface area contributed by atoms with Gasteiger partial charge in [-0.3, -0.25) is 12.2 Å². The van der Waals surface area contributed by atoms with Crippen LogP contribution in [0.25, 0.3) is 0 Å². The van der Waals surface area contributed by atoms with Gasteiger partial charge in [-0.05, 0) is 12.8 Å². The number of hydrogen-bond donors (Lipinski definition) is 0. The first-order chi connectivity index (χ1) is 8.86. The summed E-state index contributed by atoms with van der Waals surface area (Å²) in [6, 6.07) is 0. The summed E-state index contributed by atoms with van der Waals surface area (Å²) in [6.07, 6.45) is 27.5. The van der Waals surface area contributed by atoms with E-state index in [1.165, 1.54) is 11.1 Å². The molecule has 0 aromatic rings. The molecule has 2 aliphatic rings. The largest absolute Gasteiger partial charge is 4.00 e. The summed E-state index contributed by atoms with van der Waals surface area (Å²) in [4.78, 5) is 0. The zero-order valence-electron chi connectivity index (χ0n) is 12.7. The fourth-order valence-corrected chi connectivity index (χ4v) is 1.57. The molecule has 0 N–H and O–H groups in total. The summed E-state index contributed by atoms with van der Waals surface area (Å²) in [6.45, 7) is 4.28. The van der Waals surface area contributed by atoms with Gasteiger partial charge in [-0.2, -0.15) is 23.3 Å². The summed E-state index contributed by atoms with van der Waals surface area (Å²) in [5.41, 5.74) is 2.61. The van der Waals surface area contributed by atoms with Crippen LogP contribution in [0.4, 0.5) is 0 Å². The molecule has 3 heteroatoms. The smallest absolute Gasteiger partial charge is 1.00 e. The van der Waals surface area contributed by atoms with Crippen LogP contribution in [0.5, 0.6) is 0 Å². The van der Waals surface area contributed by atoms with E-state index in [4.69, 9.17) is 0 Å². The minimum absolute atomic E-state index is 0. The van der Waals surface area contributed by atoms with Crippen molar-refractivity contribution in [2.75, 3.05) is 0 Å². The van der Waals surface area contributed by atoms with Gasteiger partial charge in [0.25, 0.3) is 0 Å². The second-order valence-electron chi connectivity index (χ2n) is 4.13. The Labute approximate surface area is 146 Å². The van der Waals surface area contributed by atoms with Crippen LogP contribution >= 0.6 is 0 Å². The van der Waals surface area contributed by atoms with Crippen LogP contribution in [0.2, 0.25) is 0 Å². The Kier molecular flexibility index (Phi) is 20.6. The zero-order chi connectivity index (χ0) is 13.1. The van der Waals surface area contributed by atoms with Crippen molar-refractivity contribution in [1.29, 1.82) is 0 Å². The number of allylic oxidation sites excluding steroid dienone is 12. The van der Waals surface area contributed by atoms with Crippen molar-refractivity contribution in [3.05, 3.63) is 71.9 Å². The van der Waals surface area contributed by atoms with E-state index in [9.17, 15) is 0 Å². The van der Waals surface area contributed by atoms with Gasteiger partial charge < -0.3 is 9.41 Å². The van der Waals surface area contributed by atoms with Crippen molar-refractivity contribution >= 4 is 0 Å². The van der Waals surface area contributed by atoms with E-state index in [0.717, 1.165) is 25.7 Å². The molecule has 0 bridgehead atoms. The molecule has 0 fully saturated rings. The molecule has 21 heavy (non-hydrogen) atoms. The van der Waals surface area contributed by atoms with E-state index in [2.05, 4.69) is 62.5 Å². The van der Waals surface area contributed by atoms with Crippen molar-refractivity contribution in [1.82, 2.24) is 0 Å². The Morgan fingerprint density at radius 2 is 1.24 bits per heavy atom. The molecule has 112 valence electrons. The topological polar surface area (TPSA) is 0 Å². The van der Waals surface area contributed by atoms with E-state index in [-0.39, 0.29) is 35.3 Å². The van der Waals surface area contributed by atoms with Gasteiger partial charge >= 0.3 is 25.8 Å². The van der Waals surface area contributed by atoms with E-state index in [0.29, 0.717) is 0 Å². The number of rotatable bonds is 4. The molecule has 2 aliphatic carbocycles. The van der Waals surface area contributed by atoms with Crippen LogP contribution in [-0.4, -0.2) is 0 Å². The average Bonchev–Trinajstić information content (AvgIpc) is 3.07. The van der Waals surface area contributed by atoms with Gasteiger partial charge in [0.1, 0.15) is 0 Å². The van der Waals surface area contributed by atoms with Gasteiger partial charge in [-0.1, -0.05) is 13.8 Å². The molecule has 0 aromatic carbocycles. The molecule has 0 radical (unpaired) electrons. The first-order valence-corrected chi connectivity index (χ1v) is 6.73. The molecule has 0 amide bonds. The van der Waals surface area contributed by atoms with Gasteiger partial charge in [-0.25, -0.2) is 12.2 Å². The summed E-state index contributed by atoms with van der Waals surface area (Å²) >= 11 is 0. The minimum Gasteiger partial charge on any atom is -1.00 e. The van der Waals surface area contributed by atoms with E-state index in [1.807, 2.05) is 12.2 Å². The van der Waals surface area contributed by atoms with Gasteiger partial charge in [0.15, 0.2) is 0 Å². The van der Waals surface area contributed by atoms with Crippen molar-refractivity contribution in [3.8, 4) is 0 Å². The molecule has 0 saturated carbocycles. The molecule has 2 rings (SSSR count).